The first-order valence-corrected chi connectivity index (χ1v) is 12.8. The summed E-state index contributed by atoms with van der Waals surface area (Å²) in [5, 5.41) is 9.12. The minimum absolute atomic E-state index is 0.149. The largest absolute Gasteiger partial charge is 0.337 e. The van der Waals surface area contributed by atoms with Gasteiger partial charge in [-0.05, 0) is 55.0 Å². The molecule has 0 amide bonds. The van der Waals surface area contributed by atoms with E-state index in [1.165, 1.54) is 0 Å². The van der Waals surface area contributed by atoms with Crippen molar-refractivity contribution >= 4 is 46.2 Å². The van der Waals surface area contributed by atoms with E-state index in [0.29, 0.717) is 10.9 Å². The number of aryl methyl sites for hydroxylation is 1. The van der Waals surface area contributed by atoms with Crippen LogP contribution >= 0.6 is 11.6 Å². The molecule has 0 saturated heterocycles. The van der Waals surface area contributed by atoms with Gasteiger partial charge in [0.2, 0.25) is 0 Å². The fraction of sp³-hybridized carbons (Fsp3) is 0.0645. The van der Waals surface area contributed by atoms with E-state index in [2.05, 4.69) is 47.5 Å². The van der Waals surface area contributed by atoms with Crippen molar-refractivity contribution in [2.24, 2.45) is 9.98 Å². The molecule has 6 nitrogen and oxygen atoms in total. The summed E-state index contributed by atoms with van der Waals surface area (Å²) >= 11 is 6.31. The van der Waals surface area contributed by atoms with Gasteiger partial charge in [0, 0.05) is 16.3 Å². The van der Waals surface area contributed by atoms with Crippen molar-refractivity contribution in [3.63, 3.8) is 0 Å². The Bertz CT molecular complexity index is 1720. The van der Waals surface area contributed by atoms with Gasteiger partial charge in [0.25, 0.3) is 0 Å². The standard InChI is InChI=1S/C31H23ClN6/c1-20-27-28(21-11-4-2-5-12-21)37-26-18-9-8-17-25(26)34-29(33-23-14-10-13-22(32)19-23)31(37)35-30(27)38(36-20)24-15-6-3-7-16-24/h2-19,28H,1H3,(H,33,34)/t28-/m0/s1. The van der Waals surface area contributed by atoms with Gasteiger partial charge in [0.15, 0.2) is 17.5 Å². The molecule has 4 aromatic carbocycles. The van der Waals surface area contributed by atoms with E-state index >= 15 is 0 Å². The second kappa shape index (κ2) is 9.01. The molecule has 3 heterocycles. The molecule has 7 heteroatoms. The van der Waals surface area contributed by atoms with Gasteiger partial charge in [-0.1, -0.05) is 78.3 Å². The summed E-state index contributed by atoms with van der Waals surface area (Å²) in [6.07, 6.45) is 0. The Labute approximate surface area is 225 Å². The summed E-state index contributed by atoms with van der Waals surface area (Å²) in [5.74, 6) is 2.17. The SMILES string of the molecule is Cc1nn(-c2ccccc2)c2c1[C@H](c1ccccc1)N1C(=N2)C(Nc2cccc(Cl)c2)=Nc2ccccc21. The van der Waals surface area contributed by atoms with Crippen molar-refractivity contribution in [3.05, 3.63) is 131 Å². The van der Waals surface area contributed by atoms with Gasteiger partial charge in [-0.2, -0.15) is 5.10 Å². The highest BCUT2D eigenvalue weighted by atomic mass is 35.5. The van der Waals surface area contributed by atoms with Crippen LogP contribution in [0.1, 0.15) is 22.9 Å². The van der Waals surface area contributed by atoms with Crippen LogP contribution in [0.2, 0.25) is 5.02 Å². The lowest BCUT2D eigenvalue weighted by Gasteiger charge is -2.40. The third-order valence-corrected chi connectivity index (χ3v) is 7.08. The Hall–Kier alpha value is -4.68. The Morgan fingerprint density at radius 1 is 0.789 bits per heavy atom. The number of anilines is 2. The number of amidine groups is 2. The molecule has 0 aliphatic carbocycles. The van der Waals surface area contributed by atoms with Crippen LogP contribution < -0.4 is 10.2 Å². The molecular formula is C31H23ClN6. The lowest BCUT2D eigenvalue weighted by Crippen LogP contribution is -2.46. The average molecular weight is 515 g/mol. The number of para-hydroxylation sites is 3. The van der Waals surface area contributed by atoms with E-state index in [0.717, 1.165) is 51.2 Å². The fourth-order valence-corrected chi connectivity index (χ4v) is 5.39. The lowest BCUT2D eigenvalue weighted by molar-refractivity contribution is 0.815. The summed E-state index contributed by atoms with van der Waals surface area (Å²) in [5.41, 5.74) is 6.82. The maximum Gasteiger partial charge on any atom is 0.179 e. The van der Waals surface area contributed by atoms with Crippen molar-refractivity contribution in [1.29, 1.82) is 0 Å². The normalized spacial score (nSPS) is 15.6. The van der Waals surface area contributed by atoms with E-state index in [9.17, 15) is 0 Å². The van der Waals surface area contributed by atoms with Crippen LogP contribution in [-0.2, 0) is 0 Å². The predicted octanol–water partition coefficient (Wildman–Crippen LogP) is 7.63. The maximum atomic E-state index is 6.31. The summed E-state index contributed by atoms with van der Waals surface area (Å²) < 4.78 is 1.93. The smallest absolute Gasteiger partial charge is 0.179 e. The molecule has 2 aliphatic heterocycles. The number of nitrogens with one attached hydrogen (secondary N) is 1. The van der Waals surface area contributed by atoms with E-state index in [4.69, 9.17) is 26.7 Å². The molecule has 1 atom stereocenters. The van der Waals surface area contributed by atoms with Crippen molar-refractivity contribution in [2.75, 3.05) is 10.2 Å². The minimum atomic E-state index is -0.149. The molecule has 0 radical (unpaired) electrons. The van der Waals surface area contributed by atoms with Crippen molar-refractivity contribution in [3.8, 4) is 5.69 Å². The van der Waals surface area contributed by atoms with Gasteiger partial charge in [-0.25, -0.2) is 14.7 Å². The summed E-state index contributed by atoms with van der Waals surface area (Å²) in [4.78, 5) is 12.6. The Morgan fingerprint density at radius 3 is 2.32 bits per heavy atom. The molecule has 0 bridgehead atoms. The van der Waals surface area contributed by atoms with Gasteiger partial charge >= 0.3 is 0 Å². The van der Waals surface area contributed by atoms with Crippen LogP contribution in [0.3, 0.4) is 0 Å². The highest BCUT2D eigenvalue weighted by molar-refractivity contribution is 6.51. The highest BCUT2D eigenvalue weighted by Crippen LogP contribution is 2.48. The van der Waals surface area contributed by atoms with E-state index in [1.807, 2.05) is 83.5 Å². The number of halogens is 1. The molecule has 0 saturated carbocycles. The average Bonchev–Trinajstić information content (AvgIpc) is 3.29. The third-order valence-electron chi connectivity index (χ3n) is 6.84. The van der Waals surface area contributed by atoms with Gasteiger partial charge in [0.05, 0.1) is 28.8 Å². The molecule has 38 heavy (non-hydrogen) atoms. The van der Waals surface area contributed by atoms with E-state index in [1.54, 1.807) is 0 Å². The minimum Gasteiger partial charge on any atom is -0.337 e. The molecule has 0 unspecified atom stereocenters. The molecule has 1 aromatic heterocycles. The first-order valence-electron chi connectivity index (χ1n) is 12.5. The first kappa shape index (κ1) is 22.5. The molecule has 184 valence electrons. The number of aliphatic imine (C=N–C) groups is 2. The second-order valence-electron chi connectivity index (χ2n) is 9.27. The van der Waals surface area contributed by atoms with Crippen LogP contribution in [0.25, 0.3) is 5.69 Å². The number of rotatable bonds is 3. The quantitative estimate of drug-likeness (QED) is 0.269. The van der Waals surface area contributed by atoms with Gasteiger partial charge in [-0.3, -0.25) is 0 Å². The topological polar surface area (TPSA) is 57.8 Å². The Kier molecular flexibility index (Phi) is 5.34. The van der Waals surface area contributed by atoms with Gasteiger partial charge in [-0.15, -0.1) is 0 Å². The van der Waals surface area contributed by atoms with Gasteiger partial charge in [0.1, 0.15) is 0 Å². The fourth-order valence-electron chi connectivity index (χ4n) is 5.20. The number of benzene rings is 4. The third kappa shape index (κ3) is 3.69. The lowest BCUT2D eigenvalue weighted by atomic mass is 9.93. The van der Waals surface area contributed by atoms with Crippen LogP contribution in [0.15, 0.2) is 119 Å². The van der Waals surface area contributed by atoms with Crippen molar-refractivity contribution < 1.29 is 0 Å². The zero-order valence-corrected chi connectivity index (χ0v) is 21.3. The monoisotopic (exact) mass is 514 g/mol. The predicted molar refractivity (Wildman–Crippen MR) is 155 cm³/mol. The highest BCUT2D eigenvalue weighted by Gasteiger charge is 2.41. The molecule has 0 fully saturated rings. The molecule has 7 rings (SSSR count). The van der Waals surface area contributed by atoms with E-state index in [-0.39, 0.29) is 6.04 Å². The Balaban J connectivity index is 1.50. The molecule has 2 aliphatic rings. The number of hydrogen-bond donors (Lipinski definition) is 1. The zero-order chi connectivity index (χ0) is 25.6. The van der Waals surface area contributed by atoms with E-state index < -0.39 is 0 Å². The number of fused-ring (bicyclic) bond motifs is 4. The second-order valence-corrected chi connectivity index (χ2v) is 9.71. The van der Waals surface area contributed by atoms with Crippen LogP contribution in [0, 0.1) is 6.92 Å². The number of hydrogen-bond acceptors (Lipinski definition) is 5. The van der Waals surface area contributed by atoms with Crippen molar-refractivity contribution in [2.45, 2.75) is 13.0 Å². The van der Waals surface area contributed by atoms with Crippen LogP contribution in [-0.4, -0.2) is 21.5 Å². The zero-order valence-electron chi connectivity index (χ0n) is 20.6. The van der Waals surface area contributed by atoms with Crippen LogP contribution in [0.5, 0.6) is 0 Å². The summed E-state index contributed by atoms with van der Waals surface area (Å²) in [7, 11) is 0. The Morgan fingerprint density at radius 2 is 1.53 bits per heavy atom. The molecule has 0 spiro atoms. The van der Waals surface area contributed by atoms with Crippen molar-refractivity contribution in [1.82, 2.24) is 9.78 Å². The molecular weight excluding hydrogens is 492 g/mol. The first-order chi connectivity index (χ1) is 18.7. The number of aromatic nitrogens is 2. The molecule has 1 N–H and O–H groups in total. The summed E-state index contributed by atoms with van der Waals surface area (Å²) in [6.45, 7) is 2.06. The molecule has 5 aromatic rings. The van der Waals surface area contributed by atoms with Gasteiger partial charge < -0.3 is 10.2 Å². The summed E-state index contributed by atoms with van der Waals surface area (Å²) in [6, 6.07) is 36.3. The van der Waals surface area contributed by atoms with Crippen LogP contribution in [0.4, 0.5) is 22.9 Å². The number of nitrogens with zero attached hydrogens (tertiary/aromatic N) is 5. The maximum absolute atomic E-state index is 6.31.